The van der Waals surface area contributed by atoms with E-state index in [1.807, 2.05) is 26.0 Å². The second-order valence-electron chi connectivity index (χ2n) is 6.74. The maximum absolute atomic E-state index is 12.7. The molecule has 2 heterocycles. The Balaban J connectivity index is 1.60. The Labute approximate surface area is 161 Å². The van der Waals surface area contributed by atoms with Crippen molar-refractivity contribution in [3.05, 3.63) is 51.9 Å². The lowest BCUT2D eigenvalue weighted by atomic mass is 10.1. The summed E-state index contributed by atoms with van der Waals surface area (Å²) in [6.07, 6.45) is 0.891. The molecular weight excluding hydrogens is 382 g/mol. The summed E-state index contributed by atoms with van der Waals surface area (Å²) < 4.78 is 39.5. The van der Waals surface area contributed by atoms with Crippen molar-refractivity contribution in [1.29, 1.82) is 0 Å². The van der Waals surface area contributed by atoms with Crippen LogP contribution in [0.25, 0.3) is 11.0 Å². The summed E-state index contributed by atoms with van der Waals surface area (Å²) >= 11 is 0. The Kier molecular flexibility index (Phi) is 4.64. The van der Waals surface area contributed by atoms with Crippen LogP contribution in [0.2, 0.25) is 0 Å². The third-order valence-electron chi connectivity index (χ3n) is 4.63. The number of benzene rings is 2. The molecule has 9 heteroatoms. The van der Waals surface area contributed by atoms with E-state index in [0.717, 1.165) is 17.7 Å². The Morgan fingerprint density at radius 3 is 2.79 bits per heavy atom. The number of hydrogen-bond acceptors (Lipinski definition) is 5. The number of aromatic amines is 2. The van der Waals surface area contributed by atoms with Gasteiger partial charge in [-0.1, -0.05) is 0 Å². The van der Waals surface area contributed by atoms with Gasteiger partial charge in [-0.2, -0.15) is 0 Å². The second-order valence-corrected chi connectivity index (χ2v) is 8.51. The van der Waals surface area contributed by atoms with Crippen molar-refractivity contribution in [3.8, 4) is 11.5 Å². The highest BCUT2D eigenvalue weighted by atomic mass is 32.2. The fourth-order valence-corrected chi connectivity index (χ4v) is 4.38. The predicted molar refractivity (Wildman–Crippen MR) is 104 cm³/mol. The molecule has 1 unspecified atom stereocenters. The maximum Gasteiger partial charge on any atom is 0.323 e. The van der Waals surface area contributed by atoms with Crippen LogP contribution >= 0.6 is 0 Å². The van der Waals surface area contributed by atoms with E-state index in [4.69, 9.17) is 9.47 Å². The Morgan fingerprint density at radius 1 is 1.21 bits per heavy atom. The van der Waals surface area contributed by atoms with Crippen molar-refractivity contribution in [3.63, 3.8) is 0 Å². The van der Waals surface area contributed by atoms with Gasteiger partial charge in [-0.15, -0.1) is 0 Å². The standard InChI is InChI=1S/C19H21N3O5S/c1-3-26-17-7-12-6-11(2)27-18(12)8-13(17)10-20-28(24,25)14-4-5-15-16(9-14)22-19(23)21-15/h4-5,7-9,11,20H,3,6,10H2,1-2H3,(H2,21,22,23). The largest absolute Gasteiger partial charge is 0.494 e. The van der Waals surface area contributed by atoms with Gasteiger partial charge in [0, 0.05) is 24.1 Å². The van der Waals surface area contributed by atoms with E-state index < -0.39 is 10.0 Å². The minimum absolute atomic E-state index is 0.0599. The first-order valence-electron chi connectivity index (χ1n) is 9.02. The molecule has 4 rings (SSSR count). The molecule has 1 aromatic heterocycles. The van der Waals surface area contributed by atoms with Gasteiger partial charge in [-0.05, 0) is 44.2 Å². The van der Waals surface area contributed by atoms with E-state index in [-0.39, 0.29) is 23.2 Å². The maximum atomic E-state index is 12.7. The molecule has 0 radical (unpaired) electrons. The summed E-state index contributed by atoms with van der Waals surface area (Å²) in [7, 11) is -3.78. The van der Waals surface area contributed by atoms with E-state index in [2.05, 4.69) is 14.7 Å². The molecule has 3 aromatic rings. The van der Waals surface area contributed by atoms with E-state index in [0.29, 0.717) is 29.0 Å². The molecule has 0 saturated carbocycles. The fraction of sp³-hybridized carbons (Fsp3) is 0.316. The van der Waals surface area contributed by atoms with E-state index in [1.54, 1.807) is 6.07 Å². The molecule has 2 aromatic carbocycles. The van der Waals surface area contributed by atoms with Gasteiger partial charge in [-0.25, -0.2) is 17.9 Å². The summed E-state index contributed by atoms with van der Waals surface area (Å²) in [6.45, 7) is 4.41. The Morgan fingerprint density at radius 2 is 2.00 bits per heavy atom. The highest BCUT2D eigenvalue weighted by molar-refractivity contribution is 7.89. The molecule has 0 bridgehead atoms. The molecule has 1 aliphatic heterocycles. The average Bonchev–Trinajstić information content (AvgIpc) is 3.19. The quantitative estimate of drug-likeness (QED) is 0.583. The lowest BCUT2D eigenvalue weighted by Gasteiger charge is -2.13. The number of sulfonamides is 1. The van der Waals surface area contributed by atoms with Gasteiger partial charge < -0.3 is 19.4 Å². The van der Waals surface area contributed by atoms with Crippen molar-refractivity contribution in [1.82, 2.24) is 14.7 Å². The number of fused-ring (bicyclic) bond motifs is 2. The molecule has 0 aliphatic carbocycles. The third-order valence-corrected chi connectivity index (χ3v) is 6.03. The highest BCUT2D eigenvalue weighted by Gasteiger charge is 2.23. The van der Waals surface area contributed by atoms with Crippen molar-refractivity contribution in [2.45, 2.75) is 37.8 Å². The van der Waals surface area contributed by atoms with Crippen LogP contribution in [0.1, 0.15) is 25.0 Å². The third kappa shape index (κ3) is 3.50. The van der Waals surface area contributed by atoms with Crippen molar-refractivity contribution in [2.24, 2.45) is 0 Å². The first-order chi connectivity index (χ1) is 13.4. The van der Waals surface area contributed by atoms with Crippen LogP contribution < -0.4 is 19.9 Å². The number of nitrogens with one attached hydrogen (secondary N) is 3. The summed E-state index contributed by atoms with van der Waals surface area (Å²) in [5.41, 5.74) is 2.36. The van der Waals surface area contributed by atoms with Crippen LogP contribution in [0.15, 0.2) is 40.0 Å². The molecule has 3 N–H and O–H groups in total. The van der Waals surface area contributed by atoms with Gasteiger partial charge in [0.25, 0.3) is 0 Å². The van der Waals surface area contributed by atoms with Crippen molar-refractivity contribution >= 4 is 21.1 Å². The molecule has 1 aliphatic rings. The van der Waals surface area contributed by atoms with E-state index in [1.165, 1.54) is 12.1 Å². The number of aromatic nitrogens is 2. The molecule has 28 heavy (non-hydrogen) atoms. The first kappa shape index (κ1) is 18.6. The molecule has 8 nitrogen and oxygen atoms in total. The van der Waals surface area contributed by atoms with Crippen LogP contribution in [0.3, 0.4) is 0 Å². The topological polar surface area (TPSA) is 113 Å². The monoisotopic (exact) mass is 403 g/mol. The number of rotatable bonds is 6. The van der Waals surface area contributed by atoms with E-state index in [9.17, 15) is 13.2 Å². The summed E-state index contributed by atoms with van der Waals surface area (Å²) in [6, 6.07) is 8.18. The summed E-state index contributed by atoms with van der Waals surface area (Å²) in [5.74, 6) is 1.41. The molecule has 0 saturated heterocycles. The predicted octanol–water partition coefficient (Wildman–Crippen LogP) is 2.06. The number of H-pyrrole nitrogens is 2. The van der Waals surface area contributed by atoms with Gasteiger partial charge in [0.05, 0.1) is 22.5 Å². The second kappa shape index (κ2) is 6.99. The summed E-state index contributed by atoms with van der Waals surface area (Å²) in [5, 5.41) is 0. The van der Waals surface area contributed by atoms with Gasteiger partial charge >= 0.3 is 5.69 Å². The van der Waals surface area contributed by atoms with Crippen LogP contribution in [0, 0.1) is 0 Å². The summed E-state index contributed by atoms with van der Waals surface area (Å²) in [4.78, 5) is 16.6. The number of ether oxygens (including phenoxy) is 2. The zero-order chi connectivity index (χ0) is 19.9. The van der Waals surface area contributed by atoms with Crippen LogP contribution in [-0.4, -0.2) is 31.1 Å². The minimum Gasteiger partial charge on any atom is -0.494 e. The normalized spacial score (nSPS) is 16.1. The van der Waals surface area contributed by atoms with Crippen molar-refractivity contribution < 1.29 is 17.9 Å². The first-order valence-corrected chi connectivity index (χ1v) is 10.5. The van der Waals surface area contributed by atoms with Gasteiger partial charge in [-0.3, -0.25) is 0 Å². The minimum atomic E-state index is -3.78. The number of imidazole rings is 1. The van der Waals surface area contributed by atoms with Crippen LogP contribution in [0.5, 0.6) is 11.5 Å². The lowest BCUT2D eigenvalue weighted by Crippen LogP contribution is -2.23. The molecule has 1 atom stereocenters. The number of hydrogen-bond donors (Lipinski definition) is 3. The molecule has 0 spiro atoms. The smallest absolute Gasteiger partial charge is 0.323 e. The fourth-order valence-electron chi connectivity index (χ4n) is 3.34. The molecular formula is C19H21N3O5S. The Hall–Kier alpha value is -2.78. The van der Waals surface area contributed by atoms with Gasteiger partial charge in [0.15, 0.2) is 0 Å². The van der Waals surface area contributed by atoms with Crippen LogP contribution in [-0.2, 0) is 23.0 Å². The highest BCUT2D eigenvalue weighted by Crippen LogP contribution is 2.35. The molecule has 0 amide bonds. The van der Waals surface area contributed by atoms with Crippen molar-refractivity contribution in [2.75, 3.05) is 6.61 Å². The van der Waals surface area contributed by atoms with Crippen LogP contribution in [0.4, 0.5) is 0 Å². The Bertz CT molecular complexity index is 1200. The molecule has 148 valence electrons. The zero-order valence-electron chi connectivity index (χ0n) is 15.5. The van der Waals surface area contributed by atoms with Gasteiger partial charge in [0.1, 0.15) is 17.6 Å². The SMILES string of the molecule is CCOc1cc2c(cc1CNS(=O)(=O)c1ccc3[nH]c(=O)[nH]c3c1)OC(C)C2. The van der Waals surface area contributed by atoms with E-state index >= 15 is 0 Å². The lowest BCUT2D eigenvalue weighted by molar-refractivity contribution is 0.254. The molecule has 0 fully saturated rings. The van der Waals surface area contributed by atoms with Gasteiger partial charge in [0.2, 0.25) is 10.0 Å². The zero-order valence-corrected chi connectivity index (χ0v) is 16.4. The average molecular weight is 403 g/mol.